The van der Waals surface area contributed by atoms with Crippen molar-refractivity contribution in [1.29, 1.82) is 0 Å². The van der Waals surface area contributed by atoms with E-state index in [4.69, 9.17) is 9.47 Å². The second kappa shape index (κ2) is 8.09. The monoisotopic (exact) mass is 356 g/mol. The lowest BCUT2D eigenvalue weighted by atomic mass is 10.2. The fourth-order valence-corrected chi connectivity index (χ4v) is 3.64. The molecule has 3 aromatic rings. The van der Waals surface area contributed by atoms with Crippen molar-refractivity contribution in [3.63, 3.8) is 0 Å². The first-order chi connectivity index (χ1) is 12.2. The minimum atomic E-state index is -0.307. The van der Waals surface area contributed by atoms with Gasteiger partial charge in [-0.15, -0.1) is 0 Å². The molecule has 0 aliphatic rings. The van der Waals surface area contributed by atoms with Crippen molar-refractivity contribution in [2.24, 2.45) is 4.99 Å². The number of methoxy groups -OCH3 is 1. The van der Waals surface area contributed by atoms with E-state index in [-0.39, 0.29) is 12.5 Å². The first-order valence-electron chi connectivity index (χ1n) is 8.02. The van der Waals surface area contributed by atoms with Crippen LogP contribution in [0.4, 0.5) is 0 Å². The summed E-state index contributed by atoms with van der Waals surface area (Å²) in [5.74, 6) is 0.351. The second-order valence-electron chi connectivity index (χ2n) is 5.61. The van der Waals surface area contributed by atoms with E-state index in [9.17, 15) is 4.79 Å². The molecule has 1 amide bonds. The molecule has 0 spiro atoms. The minimum absolute atomic E-state index is 0.0818. The predicted molar refractivity (Wildman–Crippen MR) is 98.9 cm³/mol. The number of fused-ring (bicyclic) bond motifs is 1. The first kappa shape index (κ1) is 17.4. The second-order valence-corrected chi connectivity index (χ2v) is 6.62. The molecule has 0 N–H and O–H groups in total. The van der Waals surface area contributed by atoms with Gasteiger partial charge in [-0.3, -0.25) is 4.79 Å². The summed E-state index contributed by atoms with van der Waals surface area (Å²) in [6.45, 7) is 3.17. The number of thiazole rings is 1. The molecule has 0 radical (unpaired) electrons. The number of benzene rings is 2. The number of ether oxygens (including phenoxy) is 2. The number of hydrogen-bond acceptors (Lipinski definition) is 4. The molecule has 0 atom stereocenters. The van der Waals surface area contributed by atoms with Crippen LogP contribution in [-0.2, 0) is 16.1 Å². The summed E-state index contributed by atoms with van der Waals surface area (Å²) < 4.78 is 13.8. The van der Waals surface area contributed by atoms with E-state index < -0.39 is 0 Å². The lowest BCUT2D eigenvalue weighted by Gasteiger charge is -2.05. The van der Waals surface area contributed by atoms with Gasteiger partial charge < -0.3 is 14.0 Å². The maximum atomic E-state index is 12.2. The molecule has 6 heteroatoms. The predicted octanol–water partition coefficient (Wildman–Crippen LogP) is 3.16. The number of carbonyl (C=O) groups excluding carboxylic acids is 1. The summed E-state index contributed by atoms with van der Waals surface area (Å²) in [6.07, 6.45) is 0. The van der Waals surface area contributed by atoms with Crippen molar-refractivity contribution in [3.05, 3.63) is 58.9 Å². The van der Waals surface area contributed by atoms with Gasteiger partial charge in [-0.25, -0.2) is 0 Å². The number of amides is 1. The molecule has 130 valence electrons. The molecular formula is C19H20N2O3S. The number of hydrogen-bond donors (Lipinski definition) is 0. The molecule has 0 saturated carbocycles. The molecule has 25 heavy (non-hydrogen) atoms. The van der Waals surface area contributed by atoms with E-state index in [1.54, 1.807) is 7.11 Å². The molecule has 0 unspecified atom stereocenters. The Balaban J connectivity index is 1.87. The molecule has 1 heterocycles. The minimum Gasteiger partial charge on any atom is -0.484 e. The maximum absolute atomic E-state index is 12.2. The molecule has 1 aromatic heterocycles. The molecule has 0 aliphatic heterocycles. The topological polar surface area (TPSA) is 52.8 Å². The van der Waals surface area contributed by atoms with Gasteiger partial charge in [0.1, 0.15) is 5.75 Å². The number of para-hydroxylation sites is 1. The van der Waals surface area contributed by atoms with E-state index in [1.165, 1.54) is 16.9 Å². The van der Waals surface area contributed by atoms with Crippen LogP contribution in [0.3, 0.4) is 0 Å². The van der Waals surface area contributed by atoms with Gasteiger partial charge in [-0.2, -0.15) is 4.99 Å². The Kier molecular flexibility index (Phi) is 5.63. The van der Waals surface area contributed by atoms with Crippen molar-refractivity contribution in [2.45, 2.75) is 13.5 Å². The Hall–Kier alpha value is -2.44. The van der Waals surface area contributed by atoms with Crippen LogP contribution < -0.4 is 9.54 Å². The van der Waals surface area contributed by atoms with Crippen molar-refractivity contribution in [2.75, 3.05) is 20.3 Å². The zero-order valence-corrected chi connectivity index (χ0v) is 15.1. The van der Waals surface area contributed by atoms with Crippen LogP contribution in [0, 0.1) is 6.92 Å². The largest absolute Gasteiger partial charge is 0.484 e. The van der Waals surface area contributed by atoms with E-state index in [0.717, 1.165) is 10.2 Å². The van der Waals surface area contributed by atoms with Gasteiger partial charge in [-0.05, 0) is 36.8 Å². The van der Waals surface area contributed by atoms with Crippen LogP contribution in [0.5, 0.6) is 5.75 Å². The van der Waals surface area contributed by atoms with Gasteiger partial charge in [0.05, 0.1) is 16.8 Å². The Morgan fingerprint density at radius 3 is 2.76 bits per heavy atom. The SMILES string of the molecule is COCCn1c(=NC(=O)COc2ccccc2)sc2cc(C)ccc21. The standard InChI is InChI=1S/C19H20N2O3S/c1-14-8-9-16-17(12-14)25-19(21(16)10-11-23-2)20-18(22)13-24-15-6-4-3-5-7-15/h3-9,12H,10-11,13H2,1-2H3. The smallest absolute Gasteiger partial charge is 0.286 e. The summed E-state index contributed by atoms with van der Waals surface area (Å²) in [5, 5.41) is 0. The van der Waals surface area contributed by atoms with E-state index in [1.807, 2.05) is 41.8 Å². The van der Waals surface area contributed by atoms with E-state index in [0.29, 0.717) is 23.7 Å². The summed E-state index contributed by atoms with van der Waals surface area (Å²) in [7, 11) is 1.66. The van der Waals surface area contributed by atoms with E-state index >= 15 is 0 Å². The van der Waals surface area contributed by atoms with Crippen LogP contribution in [0.25, 0.3) is 10.2 Å². The van der Waals surface area contributed by atoms with Gasteiger partial charge in [0.15, 0.2) is 11.4 Å². The molecule has 3 rings (SSSR count). The van der Waals surface area contributed by atoms with Gasteiger partial charge in [-0.1, -0.05) is 35.6 Å². The fourth-order valence-electron chi connectivity index (χ4n) is 2.47. The van der Waals surface area contributed by atoms with Gasteiger partial charge in [0.25, 0.3) is 5.91 Å². The van der Waals surface area contributed by atoms with Crippen LogP contribution in [0.1, 0.15) is 5.56 Å². The Labute approximate surface area is 150 Å². The highest BCUT2D eigenvalue weighted by molar-refractivity contribution is 7.16. The van der Waals surface area contributed by atoms with Crippen molar-refractivity contribution >= 4 is 27.5 Å². The summed E-state index contributed by atoms with van der Waals surface area (Å²) in [5.41, 5.74) is 2.24. The van der Waals surface area contributed by atoms with Crippen molar-refractivity contribution < 1.29 is 14.3 Å². The third kappa shape index (κ3) is 4.35. The van der Waals surface area contributed by atoms with Crippen LogP contribution in [-0.4, -0.2) is 30.8 Å². The zero-order valence-electron chi connectivity index (χ0n) is 14.3. The number of rotatable bonds is 6. The number of carbonyl (C=O) groups is 1. The third-order valence-corrected chi connectivity index (χ3v) is 4.72. The Morgan fingerprint density at radius 2 is 2.00 bits per heavy atom. The van der Waals surface area contributed by atoms with Gasteiger partial charge >= 0.3 is 0 Å². The van der Waals surface area contributed by atoms with Crippen molar-refractivity contribution in [3.8, 4) is 5.75 Å². The summed E-state index contributed by atoms with van der Waals surface area (Å²) in [4.78, 5) is 17.1. The highest BCUT2D eigenvalue weighted by Gasteiger charge is 2.08. The highest BCUT2D eigenvalue weighted by Crippen LogP contribution is 2.19. The summed E-state index contributed by atoms with van der Waals surface area (Å²) >= 11 is 1.50. The number of aryl methyl sites for hydroxylation is 1. The fraction of sp³-hybridized carbons (Fsp3) is 0.263. The molecule has 2 aromatic carbocycles. The quantitative estimate of drug-likeness (QED) is 0.682. The summed E-state index contributed by atoms with van der Waals surface area (Å²) in [6, 6.07) is 15.5. The van der Waals surface area contributed by atoms with Gasteiger partial charge in [0.2, 0.25) is 0 Å². The van der Waals surface area contributed by atoms with Crippen molar-refractivity contribution in [1.82, 2.24) is 4.57 Å². The molecule has 0 saturated heterocycles. The lowest BCUT2D eigenvalue weighted by molar-refractivity contribution is -0.120. The molecular weight excluding hydrogens is 336 g/mol. The molecule has 0 fully saturated rings. The first-order valence-corrected chi connectivity index (χ1v) is 8.83. The third-order valence-electron chi connectivity index (χ3n) is 3.68. The van der Waals surface area contributed by atoms with Gasteiger partial charge in [0, 0.05) is 13.7 Å². The Morgan fingerprint density at radius 1 is 1.20 bits per heavy atom. The Bertz CT molecular complexity index is 929. The van der Waals surface area contributed by atoms with E-state index in [2.05, 4.69) is 23.2 Å². The van der Waals surface area contributed by atoms with Crippen LogP contribution >= 0.6 is 11.3 Å². The maximum Gasteiger partial charge on any atom is 0.286 e. The molecule has 5 nitrogen and oxygen atoms in total. The average molecular weight is 356 g/mol. The molecule has 0 aliphatic carbocycles. The normalized spacial score (nSPS) is 11.8. The number of nitrogens with zero attached hydrogens (tertiary/aromatic N) is 2. The average Bonchev–Trinajstić information content (AvgIpc) is 2.95. The number of aromatic nitrogens is 1. The lowest BCUT2D eigenvalue weighted by Crippen LogP contribution is -2.21. The molecule has 0 bridgehead atoms. The van der Waals surface area contributed by atoms with Crippen LogP contribution in [0.15, 0.2) is 53.5 Å². The highest BCUT2D eigenvalue weighted by atomic mass is 32.1. The van der Waals surface area contributed by atoms with Crippen LogP contribution in [0.2, 0.25) is 0 Å². The zero-order chi connectivity index (χ0) is 17.6.